The van der Waals surface area contributed by atoms with Gasteiger partial charge >= 0.3 is 0 Å². The number of hydrogen-bond donors (Lipinski definition) is 0. The zero-order valence-corrected chi connectivity index (χ0v) is 28.6. The van der Waals surface area contributed by atoms with Crippen molar-refractivity contribution >= 4 is 49.2 Å². The van der Waals surface area contributed by atoms with Crippen molar-refractivity contribution in [3.63, 3.8) is 0 Å². The molecule has 4 nitrogen and oxygen atoms in total. The van der Waals surface area contributed by atoms with Crippen molar-refractivity contribution in [3.8, 4) is 39.8 Å². The number of fused-ring (bicyclic) bond motifs is 7. The Balaban J connectivity index is 1.24. The molecule has 53 heavy (non-hydrogen) atoms. The van der Waals surface area contributed by atoms with E-state index in [0.29, 0.717) is 12.0 Å². The number of alkyl halides is 1. The van der Waals surface area contributed by atoms with Crippen LogP contribution in [0.2, 0.25) is 0 Å². The summed E-state index contributed by atoms with van der Waals surface area (Å²) < 4.78 is 18.9. The van der Waals surface area contributed by atoms with Gasteiger partial charge in [-0.25, -0.2) is 9.37 Å². The third-order valence-electron chi connectivity index (χ3n) is 10.4. The fraction of sp³-hybridized carbons (Fsp3) is 0.0417. The van der Waals surface area contributed by atoms with Crippen LogP contribution in [0.1, 0.15) is 17.7 Å². The molecule has 0 fully saturated rings. The monoisotopic (exact) mass is 682 g/mol. The Labute approximate surface area is 305 Å². The first kappa shape index (κ1) is 30.8. The van der Waals surface area contributed by atoms with E-state index in [1.807, 2.05) is 36.4 Å². The number of benzene rings is 6. The molecule has 1 aliphatic carbocycles. The number of rotatable bonds is 5. The van der Waals surface area contributed by atoms with E-state index in [1.54, 1.807) is 6.08 Å². The molecule has 0 amide bonds. The molecule has 0 saturated heterocycles. The summed E-state index contributed by atoms with van der Waals surface area (Å²) in [6.45, 7) is 0. The largest absolute Gasteiger partial charge is 0.307 e. The smallest absolute Gasteiger partial charge is 0.122 e. The van der Waals surface area contributed by atoms with E-state index in [1.165, 1.54) is 21.5 Å². The number of nitrogens with zero attached hydrogens (tertiary/aromatic N) is 4. The summed E-state index contributed by atoms with van der Waals surface area (Å²) in [6, 6.07) is 55.0. The molecule has 5 heteroatoms. The molecule has 250 valence electrons. The Morgan fingerprint density at radius 3 is 1.85 bits per heavy atom. The van der Waals surface area contributed by atoms with Crippen molar-refractivity contribution in [2.45, 2.75) is 12.6 Å². The van der Waals surface area contributed by atoms with Gasteiger partial charge in [0.1, 0.15) is 6.17 Å². The minimum Gasteiger partial charge on any atom is -0.307 e. The van der Waals surface area contributed by atoms with Crippen LogP contribution < -0.4 is 0 Å². The van der Waals surface area contributed by atoms with Crippen LogP contribution in [-0.4, -0.2) is 20.3 Å². The van der Waals surface area contributed by atoms with Gasteiger partial charge < -0.3 is 9.13 Å². The molecule has 0 radical (unpaired) electrons. The van der Waals surface area contributed by atoms with Crippen LogP contribution in [-0.2, 0) is 0 Å². The first-order valence-electron chi connectivity index (χ1n) is 17.8. The summed E-state index contributed by atoms with van der Waals surface area (Å²) in [5.74, 6) is 0. The SMILES string of the molecule is N#Cc1ccc(-c2cc(-c3cccc(-n4c5ccccc5c5ccc6c7ccccc7n(-c7ccccc7)c6c54)c3)cc(C3=CCC(F)C=C3)n2)cc1. The van der Waals surface area contributed by atoms with Crippen molar-refractivity contribution in [2.24, 2.45) is 0 Å². The normalized spacial score (nSPS) is 14.3. The second kappa shape index (κ2) is 12.3. The van der Waals surface area contributed by atoms with Gasteiger partial charge in [-0.3, -0.25) is 0 Å². The summed E-state index contributed by atoms with van der Waals surface area (Å²) in [7, 11) is 0. The lowest BCUT2D eigenvalue weighted by Crippen LogP contribution is -2.01. The first-order chi connectivity index (χ1) is 26.1. The summed E-state index contributed by atoms with van der Waals surface area (Å²) in [4.78, 5) is 5.05. The van der Waals surface area contributed by atoms with Crippen molar-refractivity contribution in [2.75, 3.05) is 0 Å². The van der Waals surface area contributed by atoms with Crippen molar-refractivity contribution < 1.29 is 4.39 Å². The van der Waals surface area contributed by atoms with E-state index < -0.39 is 6.17 Å². The maximum atomic E-state index is 14.1. The maximum absolute atomic E-state index is 14.1. The molecular weight excluding hydrogens is 652 g/mol. The lowest BCUT2D eigenvalue weighted by Gasteiger charge is -2.15. The number of pyridine rings is 1. The Kier molecular flexibility index (Phi) is 7.16. The van der Waals surface area contributed by atoms with Gasteiger partial charge in [0.2, 0.25) is 0 Å². The van der Waals surface area contributed by atoms with Crippen LogP contribution in [0.15, 0.2) is 170 Å². The fourth-order valence-corrected chi connectivity index (χ4v) is 7.93. The topological polar surface area (TPSA) is 46.5 Å². The zero-order valence-electron chi connectivity index (χ0n) is 28.6. The highest BCUT2D eigenvalue weighted by Crippen LogP contribution is 2.42. The summed E-state index contributed by atoms with van der Waals surface area (Å²) >= 11 is 0. The van der Waals surface area contributed by atoms with Gasteiger partial charge in [-0.15, -0.1) is 0 Å². The Morgan fingerprint density at radius 1 is 0.566 bits per heavy atom. The maximum Gasteiger partial charge on any atom is 0.122 e. The summed E-state index contributed by atoms with van der Waals surface area (Å²) in [5, 5.41) is 14.2. The zero-order chi connectivity index (χ0) is 35.5. The third kappa shape index (κ3) is 5.07. The standard InChI is InChI=1S/C48H31FN4/c49-36-23-21-33(22-24-36)44-29-35(28-43(51-44)32-19-17-31(30-50)18-20-32)34-9-8-12-38(27-34)53-46-16-7-5-14-40(46)42-26-25-41-39-13-4-6-15-45(39)52(47(41)48(42)53)37-10-2-1-3-11-37/h1-23,25-29,36H,24H2. The molecule has 1 atom stereocenters. The van der Waals surface area contributed by atoms with E-state index in [2.05, 4.69) is 143 Å². The van der Waals surface area contributed by atoms with E-state index in [-0.39, 0.29) is 0 Å². The van der Waals surface area contributed by atoms with Crippen LogP contribution in [0, 0.1) is 11.3 Å². The van der Waals surface area contributed by atoms with Crippen LogP contribution >= 0.6 is 0 Å². The summed E-state index contributed by atoms with van der Waals surface area (Å²) in [6.07, 6.45) is 4.68. The highest BCUT2D eigenvalue weighted by atomic mass is 19.1. The van der Waals surface area contributed by atoms with E-state index >= 15 is 0 Å². The number of halogens is 1. The average Bonchev–Trinajstić information content (AvgIpc) is 3.74. The second-order valence-corrected chi connectivity index (χ2v) is 13.5. The van der Waals surface area contributed by atoms with Crippen LogP contribution in [0.4, 0.5) is 4.39 Å². The van der Waals surface area contributed by atoms with Crippen LogP contribution in [0.3, 0.4) is 0 Å². The van der Waals surface area contributed by atoms with Gasteiger partial charge in [0, 0.05) is 44.9 Å². The highest BCUT2D eigenvalue weighted by Gasteiger charge is 2.21. The van der Waals surface area contributed by atoms with Gasteiger partial charge in [0.05, 0.1) is 45.1 Å². The lowest BCUT2D eigenvalue weighted by molar-refractivity contribution is 0.402. The number of para-hydroxylation sites is 3. The van der Waals surface area contributed by atoms with Crippen LogP contribution in [0.25, 0.3) is 82.9 Å². The fourth-order valence-electron chi connectivity index (χ4n) is 7.93. The molecule has 6 aromatic carbocycles. The quantitative estimate of drug-likeness (QED) is 0.181. The highest BCUT2D eigenvalue weighted by molar-refractivity contribution is 6.23. The molecule has 0 aliphatic heterocycles. The third-order valence-corrected chi connectivity index (χ3v) is 10.4. The average molecular weight is 683 g/mol. The van der Waals surface area contributed by atoms with E-state index in [9.17, 15) is 9.65 Å². The second-order valence-electron chi connectivity index (χ2n) is 13.5. The predicted molar refractivity (Wildman–Crippen MR) is 215 cm³/mol. The lowest BCUT2D eigenvalue weighted by atomic mass is 9.97. The van der Waals surface area contributed by atoms with Gasteiger partial charge in [0.25, 0.3) is 0 Å². The number of allylic oxidation sites excluding steroid dienone is 4. The van der Waals surface area contributed by atoms with Crippen molar-refractivity contribution in [1.29, 1.82) is 5.26 Å². The Bertz CT molecular complexity index is 2990. The van der Waals surface area contributed by atoms with Crippen molar-refractivity contribution in [1.82, 2.24) is 14.1 Å². The Morgan fingerprint density at radius 2 is 1.19 bits per heavy atom. The molecule has 9 aromatic rings. The predicted octanol–water partition coefficient (Wildman–Crippen LogP) is 12.2. The van der Waals surface area contributed by atoms with E-state index in [4.69, 9.17) is 4.98 Å². The molecule has 1 aliphatic rings. The van der Waals surface area contributed by atoms with Crippen molar-refractivity contribution in [3.05, 3.63) is 181 Å². The number of nitriles is 1. The minimum absolute atomic E-state index is 0.321. The molecule has 3 aromatic heterocycles. The first-order valence-corrected chi connectivity index (χ1v) is 17.8. The summed E-state index contributed by atoms with van der Waals surface area (Å²) in [5.41, 5.74) is 12.7. The van der Waals surface area contributed by atoms with Gasteiger partial charge in [-0.05, 0) is 83.4 Å². The Hall–Kier alpha value is -7.03. The molecular formula is C48H31FN4. The molecule has 1 unspecified atom stereocenters. The molecule has 0 spiro atoms. The van der Waals surface area contributed by atoms with Gasteiger partial charge in [-0.1, -0.05) is 103 Å². The van der Waals surface area contributed by atoms with Crippen LogP contribution in [0.5, 0.6) is 0 Å². The molecule has 3 heterocycles. The molecule has 0 N–H and O–H groups in total. The number of aromatic nitrogens is 3. The minimum atomic E-state index is -0.991. The van der Waals surface area contributed by atoms with Gasteiger partial charge in [0.15, 0.2) is 0 Å². The molecule has 0 saturated carbocycles. The molecule has 10 rings (SSSR count). The van der Waals surface area contributed by atoms with E-state index in [0.717, 1.165) is 67.1 Å². The number of hydrogen-bond acceptors (Lipinski definition) is 2. The molecule has 0 bridgehead atoms. The van der Waals surface area contributed by atoms with Gasteiger partial charge in [-0.2, -0.15) is 5.26 Å².